The maximum atomic E-state index is 11.2. The molecule has 0 spiro atoms. The molecule has 0 amide bonds. The number of hydrogen-bond donors (Lipinski definition) is 0. The molecular formula is C17H22O6. The summed E-state index contributed by atoms with van der Waals surface area (Å²) in [5, 5.41) is 0. The highest BCUT2D eigenvalue weighted by Crippen LogP contribution is 2.40. The van der Waals surface area contributed by atoms with Crippen molar-refractivity contribution in [3.05, 3.63) is 0 Å². The molecule has 6 nitrogen and oxygen atoms in total. The molecule has 6 heteroatoms. The molecule has 0 N–H and O–H groups in total. The van der Waals surface area contributed by atoms with Crippen molar-refractivity contribution in [3.63, 3.8) is 0 Å². The van der Waals surface area contributed by atoms with Crippen LogP contribution in [-0.4, -0.2) is 23.9 Å². The van der Waals surface area contributed by atoms with Gasteiger partial charge >= 0.3 is 23.9 Å². The quantitative estimate of drug-likeness (QED) is 0.501. The summed E-state index contributed by atoms with van der Waals surface area (Å²) >= 11 is 0. The number of carbonyl (C=O) groups is 4. The SMILES string of the molecule is CC1CCCC2C(=O)OC(=O)C12.O=C1OC(=O)C2CCCCC12. The molecule has 23 heavy (non-hydrogen) atoms. The fourth-order valence-corrected chi connectivity index (χ4v) is 4.26. The van der Waals surface area contributed by atoms with Gasteiger partial charge in [0.2, 0.25) is 0 Å². The van der Waals surface area contributed by atoms with Gasteiger partial charge in [0.05, 0.1) is 23.7 Å². The Morgan fingerprint density at radius 1 is 0.652 bits per heavy atom. The van der Waals surface area contributed by atoms with Gasteiger partial charge in [0, 0.05) is 0 Å². The fourth-order valence-electron chi connectivity index (χ4n) is 4.26. The minimum absolute atomic E-state index is 0.101. The van der Waals surface area contributed by atoms with Crippen molar-refractivity contribution in [2.75, 3.05) is 0 Å². The highest BCUT2D eigenvalue weighted by Gasteiger charge is 2.48. The van der Waals surface area contributed by atoms with Crippen molar-refractivity contribution in [2.24, 2.45) is 29.6 Å². The zero-order chi connectivity index (χ0) is 16.6. The van der Waals surface area contributed by atoms with Crippen LogP contribution in [0.25, 0.3) is 0 Å². The van der Waals surface area contributed by atoms with Gasteiger partial charge in [0.25, 0.3) is 0 Å². The number of carbonyl (C=O) groups excluding carboxylic acids is 4. The molecule has 126 valence electrons. The van der Waals surface area contributed by atoms with Gasteiger partial charge < -0.3 is 9.47 Å². The molecule has 2 aliphatic carbocycles. The highest BCUT2D eigenvalue weighted by atomic mass is 16.6. The number of cyclic esters (lactones) is 4. The van der Waals surface area contributed by atoms with E-state index >= 15 is 0 Å². The van der Waals surface area contributed by atoms with E-state index < -0.39 is 0 Å². The second-order valence-corrected chi connectivity index (χ2v) is 7.02. The molecule has 2 aliphatic heterocycles. The summed E-state index contributed by atoms with van der Waals surface area (Å²) in [6.45, 7) is 2.02. The number of ether oxygens (including phenoxy) is 2. The third-order valence-electron chi connectivity index (χ3n) is 5.57. The predicted molar refractivity (Wildman–Crippen MR) is 77.6 cm³/mol. The summed E-state index contributed by atoms with van der Waals surface area (Å²) in [4.78, 5) is 44.3. The van der Waals surface area contributed by atoms with Crippen molar-refractivity contribution in [1.82, 2.24) is 0 Å². The Balaban J connectivity index is 0.000000136. The molecule has 5 atom stereocenters. The molecule has 4 aliphatic rings. The van der Waals surface area contributed by atoms with Crippen LogP contribution in [0.15, 0.2) is 0 Å². The van der Waals surface area contributed by atoms with E-state index in [0.29, 0.717) is 5.92 Å². The van der Waals surface area contributed by atoms with Gasteiger partial charge in [-0.3, -0.25) is 19.2 Å². The van der Waals surface area contributed by atoms with E-state index in [0.717, 1.165) is 44.9 Å². The molecule has 4 rings (SSSR count). The molecule has 2 heterocycles. The van der Waals surface area contributed by atoms with Gasteiger partial charge in [0.15, 0.2) is 0 Å². The monoisotopic (exact) mass is 322 g/mol. The number of hydrogen-bond acceptors (Lipinski definition) is 6. The zero-order valence-corrected chi connectivity index (χ0v) is 13.3. The van der Waals surface area contributed by atoms with Crippen molar-refractivity contribution >= 4 is 23.9 Å². The van der Waals surface area contributed by atoms with E-state index in [-0.39, 0.29) is 47.5 Å². The third kappa shape index (κ3) is 3.03. The lowest BCUT2D eigenvalue weighted by molar-refractivity contribution is -0.155. The molecule has 5 unspecified atom stereocenters. The molecule has 0 bridgehead atoms. The Hall–Kier alpha value is -1.72. The van der Waals surface area contributed by atoms with Crippen molar-refractivity contribution in [2.45, 2.75) is 51.9 Å². The first-order valence-corrected chi connectivity index (χ1v) is 8.50. The maximum Gasteiger partial charge on any atom is 0.317 e. The lowest BCUT2D eigenvalue weighted by Gasteiger charge is -2.25. The summed E-state index contributed by atoms with van der Waals surface area (Å²) in [6, 6.07) is 0. The van der Waals surface area contributed by atoms with Gasteiger partial charge in [-0.25, -0.2) is 0 Å². The van der Waals surface area contributed by atoms with Crippen LogP contribution in [0.5, 0.6) is 0 Å². The van der Waals surface area contributed by atoms with Crippen LogP contribution in [0.1, 0.15) is 51.9 Å². The van der Waals surface area contributed by atoms with Gasteiger partial charge in [-0.05, 0) is 31.6 Å². The summed E-state index contributed by atoms with van der Waals surface area (Å²) in [5.41, 5.74) is 0. The molecule has 4 fully saturated rings. The van der Waals surface area contributed by atoms with Gasteiger partial charge in [-0.15, -0.1) is 0 Å². The Morgan fingerprint density at radius 3 is 1.70 bits per heavy atom. The molecule has 0 aromatic rings. The second-order valence-electron chi connectivity index (χ2n) is 7.02. The first-order chi connectivity index (χ1) is 11.0. The lowest BCUT2D eigenvalue weighted by atomic mass is 9.74. The van der Waals surface area contributed by atoms with Crippen molar-refractivity contribution in [3.8, 4) is 0 Å². The lowest BCUT2D eigenvalue weighted by Crippen LogP contribution is -2.28. The maximum absolute atomic E-state index is 11.2. The van der Waals surface area contributed by atoms with E-state index in [1.807, 2.05) is 6.92 Å². The van der Waals surface area contributed by atoms with Gasteiger partial charge in [-0.1, -0.05) is 26.2 Å². The van der Waals surface area contributed by atoms with Crippen LogP contribution in [-0.2, 0) is 28.7 Å². The van der Waals surface area contributed by atoms with E-state index in [2.05, 4.69) is 9.47 Å². The normalized spacial score (nSPS) is 38.9. The third-order valence-corrected chi connectivity index (χ3v) is 5.57. The average molecular weight is 322 g/mol. The second kappa shape index (κ2) is 6.42. The van der Waals surface area contributed by atoms with Crippen LogP contribution in [0.3, 0.4) is 0 Å². The van der Waals surface area contributed by atoms with Gasteiger partial charge in [-0.2, -0.15) is 0 Å². The van der Waals surface area contributed by atoms with Crippen molar-refractivity contribution < 1.29 is 28.7 Å². The summed E-state index contributed by atoms with van der Waals surface area (Å²) in [7, 11) is 0. The number of fused-ring (bicyclic) bond motifs is 2. The highest BCUT2D eigenvalue weighted by molar-refractivity contribution is 5.97. The van der Waals surface area contributed by atoms with Crippen molar-refractivity contribution in [1.29, 1.82) is 0 Å². The Bertz CT molecular complexity index is 517. The molecule has 2 saturated heterocycles. The van der Waals surface area contributed by atoms with Crippen LogP contribution in [0.2, 0.25) is 0 Å². The van der Waals surface area contributed by atoms with Crippen LogP contribution in [0, 0.1) is 29.6 Å². The predicted octanol–water partition coefficient (Wildman–Crippen LogP) is 2.00. The zero-order valence-electron chi connectivity index (χ0n) is 13.3. The van der Waals surface area contributed by atoms with Crippen LogP contribution < -0.4 is 0 Å². The summed E-state index contributed by atoms with van der Waals surface area (Å²) < 4.78 is 9.13. The molecule has 0 aromatic heterocycles. The largest absolute Gasteiger partial charge is 0.393 e. The summed E-state index contributed by atoms with van der Waals surface area (Å²) in [5.74, 6) is -1.31. The molecule has 0 aromatic carbocycles. The van der Waals surface area contributed by atoms with E-state index in [1.165, 1.54) is 0 Å². The molecule has 0 radical (unpaired) electrons. The van der Waals surface area contributed by atoms with E-state index in [9.17, 15) is 19.2 Å². The molecular weight excluding hydrogens is 300 g/mol. The minimum Gasteiger partial charge on any atom is -0.393 e. The fraction of sp³-hybridized carbons (Fsp3) is 0.765. The smallest absolute Gasteiger partial charge is 0.317 e. The minimum atomic E-state index is -0.295. The Kier molecular flexibility index (Phi) is 4.50. The summed E-state index contributed by atoms with van der Waals surface area (Å²) in [6.07, 6.45) is 6.73. The van der Waals surface area contributed by atoms with Crippen LogP contribution in [0.4, 0.5) is 0 Å². The Morgan fingerprint density at radius 2 is 1.13 bits per heavy atom. The van der Waals surface area contributed by atoms with Gasteiger partial charge in [0.1, 0.15) is 0 Å². The van der Waals surface area contributed by atoms with E-state index in [4.69, 9.17) is 0 Å². The number of esters is 4. The topological polar surface area (TPSA) is 86.7 Å². The Labute approximate surface area is 134 Å². The standard InChI is InChI=1S/C9H12O3.C8H10O3/c1-5-3-2-4-6-7(5)9(11)12-8(6)10;9-7-5-3-1-2-4-6(5)8(10)11-7/h5-7H,2-4H2,1H3;5-6H,1-4H2. The number of rotatable bonds is 0. The average Bonchev–Trinajstić information content (AvgIpc) is 2.99. The molecule has 2 saturated carbocycles. The van der Waals surface area contributed by atoms with Crippen LogP contribution >= 0.6 is 0 Å². The van der Waals surface area contributed by atoms with E-state index in [1.54, 1.807) is 0 Å². The first-order valence-electron chi connectivity index (χ1n) is 8.50. The first kappa shape index (κ1) is 16.1.